The maximum absolute atomic E-state index is 11.9. The summed E-state index contributed by atoms with van der Waals surface area (Å²) in [6.45, 7) is 2.51. The molecule has 0 saturated carbocycles. The summed E-state index contributed by atoms with van der Waals surface area (Å²) < 4.78 is 7.20. The molecule has 3 rings (SSSR count). The Balaban J connectivity index is 2.02. The Morgan fingerprint density at radius 3 is 2.75 bits per heavy atom. The zero-order chi connectivity index (χ0) is 16.9. The fraction of sp³-hybridized carbons (Fsp3) is 0.250. The van der Waals surface area contributed by atoms with Gasteiger partial charge in [-0.15, -0.1) is 0 Å². The summed E-state index contributed by atoms with van der Waals surface area (Å²) in [4.78, 5) is 11.9. The third kappa shape index (κ3) is 3.80. The predicted molar refractivity (Wildman–Crippen MR) is 104 cm³/mol. The minimum atomic E-state index is -0.166. The van der Waals surface area contributed by atoms with Gasteiger partial charge in [-0.3, -0.25) is 4.79 Å². The van der Waals surface area contributed by atoms with E-state index in [0.29, 0.717) is 13.0 Å². The van der Waals surface area contributed by atoms with Crippen molar-refractivity contribution >= 4 is 40.3 Å². The summed E-state index contributed by atoms with van der Waals surface area (Å²) in [6.07, 6.45) is 3.06. The SMILES string of the molecule is CCCC(=O)NCC1=c2ccc(I)cc2=COC1c1ccccc1. The van der Waals surface area contributed by atoms with Crippen LogP contribution in [0.15, 0.2) is 48.5 Å². The molecule has 1 N–H and O–H groups in total. The fourth-order valence-corrected chi connectivity index (χ4v) is 3.41. The fourth-order valence-electron chi connectivity index (χ4n) is 2.89. The number of halogens is 1. The number of fused-ring (bicyclic) bond motifs is 1. The van der Waals surface area contributed by atoms with Gasteiger partial charge in [0.15, 0.2) is 0 Å². The van der Waals surface area contributed by atoms with E-state index < -0.39 is 0 Å². The largest absolute Gasteiger partial charge is 0.488 e. The van der Waals surface area contributed by atoms with Gasteiger partial charge in [-0.05, 0) is 51.9 Å². The summed E-state index contributed by atoms with van der Waals surface area (Å²) in [7, 11) is 0. The van der Waals surface area contributed by atoms with E-state index in [9.17, 15) is 4.79 Å². The van der Waals surface area contributed by atoms with Crippen molar-refractivity contribution in [3.63, 3.8) is 0 Å². The highest BCUT2D eigenvalue weighted by molar-refractivity contribution is 14.1. The van der Waals surface area contributed by atoms with Crippen LogP contribution in [0.3, 0.4) is 0 Å². The first-order valence-electron chi connectivity index (χ1n) is 8.15. The number of carbonyl (C=O) groups is 1. The van der Waals surface area contributed by atoms with Crippen molar-refractivity contribution in [3.05, 3.63) is 68.1 Å². The highest BCUT2D eigenvalue weighted by Crippen LogP contribution is 2.27. The number of rotatable bonds is 5. The monoisotopic (exact) mass is 433 g/mol. The van der Waals surface area contributed by atoms with Crippen molar-refractivity contribution in [1.29, 1.82) is 0 Å². The van der Waals surface area contributed by atoms with Gasteiger partial charge in [0, 0.05) is 27.3 Å². The van der Waals surface area contributed by atoms with E-state index >= 15 is 0 Å². The Morgan fingerprint density at radius 2 is 2.00 bits per heavy atom. The third-order valence-corrected chi connectivity index (χ3v) is 4.73. The van der Waals surface area contributed by atoms with Crippen LogP contribution in [0.1, 0.15) is 31.4 Å². The molecule has 2 aromatic carbocycles. The van der Waals surface area contributed by atoms with E-state index in [1.54, 1.807) is 0 Å². The van der Waals surface area contributed by atoms with Gasteiger partial charge < -0.3 is 10.1 Å². The summed E-state index contributed by atoms with van der Waals surface area (Å²) in [5, 5.41) is 5.25. The molecule has 1 unspecified atom stereocenters. The molecule has 0 bridgehead atoms. The average molecular weight is 433 g/mol. The highest BCUT2D eigenvalue weighted by atomic mass is 127. The molecule has 0 fully saturated rings. The summed E-state index contributed by atoms with van der Waals surface area (Å²) in [5.74, 6) is 0.0819. The van der Waals surface area contributed by atoms with Crippen LogP contribution in [0.25, 0.3) is 11.8 Å². The van der Waals surface area contributed by atoms with Crippen LogP contribution in [0.4, 0.5) is 0 Å². The molecule has 0 radical (unpaired) electrons. The van der Waals surface area contributed by atoms with Crippen LogP contribution < -0.4 is 15.8 Å². The molecule has 1 aliphatic heterocycles. The lowest BCUT2D eigenvalue weighted by Crippen LogP contribution is -2.38. The van der Waals surface area contributed by atoms with Gasteiger partial charge in [0.2, 0.25) is 5.91 Å². The second-order valence-corrected chi connectivity index (χ2v) is 7.07. The van der Waals surface area contributed by atoms with Crippen molar-refractivity contribution in [3.8, 4) is 0 Å². The molecule has 0 aliphatic carbocycles. The van der Waals surface area contributed by atoms with Crippen LogP contribution in [-0.4, -0.2) is 12.5 Å². The van der Waals surface area contributed by atoms with Gasteiger partial charge in [0.05, 0.1) is 6.26 Å². The Kier molecular flexibility index (Phi) is 5.56. The standard InChI is InChI=1S/C20H20INO2/c1-2-6-19(23)22-12-18-17-10-9-16(21)11-15(17)13-24-20(18)14-7-4-3-5-8-14/h3-5,7-11,13,20H,2,6,12H2,1H3,(H,22,23). The minimum absolute atomic E-state index is 0.0819. The average Bonchev–Trinajstić information content (AvgIpc) is 2.60. The molecule has 0 saturated heterocycles. The first kappa shape index (κ1) is 17.0. The van der Waals surface area contributed by atoms with E-state index in [2.05, 4.69) is 58.2 Å². The predicted octanol–water partition coefficient (Wildman–Crippen LogP) is 2.87. The Morgan fingerprint density at radius 1 is 1.21 bits per heavy atom. The van der Waals surface area contributed by atoms with Gasteiger partial charge >= 0.3 is 0 Å². The topological polar surface area (TPSA) is 38.3 Å². The third-order valence-electron chi connectivity index (χ3n) is 4.06. The van der Waals surface area contributed by atoms with Crippen LogP contribution >= 0.6 is 22.6 Å². The van der Waals surface area contributed by atoms with E-state index in [1.807, 2.05) is 31.4 Å². The van der Waals surface area contributed by atoms with Gasteiger partial charge in [0.25, 0.3) is 0 Å². The van der Waals surface area contributed by atoms with Gasteiger partial charge in [-0.1, -0.05) is 43.3 Å². The minimum Gasteiger partial charge on any atom is -0.488 e. The zero-order valence-corrected chi connectivity index (χ0v) is 15.7. The van der Waals surface area contributed by atoms with E-state index in [1.165, 1.54) is 3.57 Å². The first-order valence-corrected chi connectivity index (χ1v) is 9.23. The summed E-state index contributed by atoms with van der Waals surface area (Å²) >= 11 is 2.30. The molecular formula is C20H20INO2. The van der Waals surface area contributed by atoms with Crippen LogP contribution in [0.5, 0.6) is 0 Å². The lowest BCUT2D eigenvalue weighted by Gasteiger charge is -2.24. The van der Waals surface area contributed by atoms with Crippen molar-refractivity contribution in [2.75, 3.05) is 6.54 Å². The second kappa shape index (κ2) is 7.83. The molecule has 3 nitrogen and oxygen atoms in total. The molecular weight excluding hydrogens is 413 g/mol. The van der Waals surface area contributed by atoms with Crippen LogP contribution in [0.2, 0.25) is 0 Å². The lowest BCUT2D eigenvalue weighted by molar-refractivity contribution is -0.120. The number of carbonyl (C=O) groups excluding carboxylic acids is 1. The number of hydrogen-bond acceptors (Lipinski definition) is 2. The Bertz CT molecular complexity index is 846. The normalized spacial score (nSPS) is 15.9. The summed E-state index contributed by atoms with van der Waals surface area (Å²) in [6, 6.07) is 16.4. The highest BCUT2D eigenvalue weighted by Gasteiger charge is 2.21. The van der Waals surface area contributed by atoms with Crippen molar-refractivity contribution in [2.45, 2.75) is 25.9 Å². The molecule has 4 heteroatoms. The zero-order valence-electron chi connectivity index (χ0n) is 13.6. The maximum Gasteiger partial charge on any atom is 0.220 e. The van der Waals surface area contributed by atoms with Crippen LogP contribution in [0, 0.1) is 3.57 Å². The summed E-state index contributed by atoms with van der Waals surface area (Å²) in [5.41, 5.74) is 2.19. The van der Waals surface area contributed by atoms with Gasteiger partial charge in [-0.2, -0.15) is 0 Å². The first-order chi connectivity index (χ1) is 11.7. The molecule has 1 heterocycles. The van der Waals surface area contributed by atoms with Crippen molar-refractivity contribution in [2.24, 2.45) is 0 Å². The second-order valence-electron chi connectivity index (χ2n) is 5.83. The quantitative estimate of drug-likeness (QED) is 0.737. The van der Waals surface area contributed by atoms with E-state index in [4.69, 9.17) is 4.74 Å². The smallest absolute Gasteiger partial charge is 0.220 e. The van der Waals surface area contributed by atoms with Gasteiger partial charge in [-0.25, -0.2) is 0 Å². The lowest BCUT2D eigenvalue weighted by atomic mass is 9.97. The maximum atomic E-state index is 11.9. The number of hydrogen-bond donors (Lipinski definition) is 1. The van der Waals surface area contributed by atoms with E-state index in [-0.39, 0.29) is 12.0 Å². The van der Waals surface area contributed by atoms with Crippen molar-refractivity contribution in [1.82, 2.24) is 5.32 Å². The van der Waals surface area contributed by atoms with Crippen molar-refractivity contribution < 1.29 is 9.53 Å². The van der Waals surface area contributed by atoms with Gasteiger partial charge in [0.1, 0.15) is 6.10 Å². The van der Waals surface area contributed by atoms with E-state index in [0.717, 1.165) is 28.0 Å². The molecule has 124 valence electrons. The molecule has 0 spiro atoms. The number of amides is 1. The Labute approximate surface area is 155 Å². The van der Waals surface area contributed by atoms with Crippen LogP contribution in [-0.2, 0) is 9.53 Å². The molecule has 0 aromatic heterocycles. The number of nitrogens with one attached hydrogen (secondary N) is 1. The number of benzene rings is 2. The number of ether oxygens (including phenoxy) is 1. The molecule has 1 amide bonds. The molecule has 1 aliphatic rings. The molecule has 2 aromatic rings. The Hall–Kier alpha value is -1.82. The molecule has 1 atom stereocenters. The molecule has 24 heavy (non-hydrogen) atoms.